The third-order valence-electron chi connectivity index (χ3n) is 10.9. The number of phosphoric ester groups is 1. The smallest absolute Gasteiger partial charge is 0.462 e. The highest BCUT2D eigenvalue weighted by Gasteiger charge is 2.51. The number of rotatable bonds is 38. The van der Waals surface area contributed by atoms with Crippen molar-refractivity contribution in [3.63, 3.8) is 0 Å². The summed E-state index contributed by atoms with van der Waals surface area (Å²) in [6.45, 7) is 2.87. The first-order valence-electron chi connectivity index (χ1n) is 24.1. The molecule has 1 aliphatic carbocycles. The Bertz CT molecular complexity index is 1480. The van der Waals surface area contributed by atoms with Crippen LogP contribution in [0.25, 0.3) is 0 Å². The Morgan fingerprint density at radius 2 is 1.09 bits per heavy atom. The van der Waals surface area contributed by atoms with Crippen LogP contribution in [0.4, 0.5) is 0 Å². The van der Waals surface area contributed by atoms with Gasteiger partial charge in [-0.2, -0.15) is 0 Å². The molecule has 0 aromatic heterocycles. The van der Waals surface area contributed by atoms with Crippen LogP contribution < -0.4 is 0 Å². The SMILES string of the molecule is CCCCC/C=C\C/C=C\CCCCCCCCCC(=O)OC[C@H](COP(=O)(O)OC1[C@H](O)[C@H](O)C(O)[C@H](O)[C@H]1O)OC(=O)CCC[C@H](O)[C@@H](O)/C=C/C=C/C=C\C=C\[C@@H](O)CCCCC. The van der Waals surface area contributed by atoms with Crippen LogP contribution in [0.2, 0.25) is 0 Å². The van der Waals surface area contributed by atoms with Gasteiger partial charge in [0.1, 0.15) is 43.2 Å². The van der Waals surface area contributed by atoms with Gasteiger partial charge in [-0.3, -0.25) is 18.6 Å². The predicted octanol–water partition coefficient (Wildman–Crippen LogP) is 6.41. The van der Waals surface area contributed by atoms with Gasteiger partial charge in [-0.15, -0.1) is 0 Å². The van der Waals surface area contributed by atoms with E-state index in [-0.39, 0.29) is 25.7 Å². The molecule has 0 heterocycles. The minimum atomic E-state index is -5.22. The van der Waals surface area contributed by atoms with Crippen molar-refractivity contribution in [3.8, 4) is 0 Å². The predicted molar refractivity (Wildman–Crippen MR) is 253 cm³/mol. The van der Waals surface area contributed by atoms with E-state index in [0.29, 0.717) is 12.8 Å². The maximum absolute atomic E-state index is 12.8. The number of carbonyl (C=O) groups is 2. The van der Waals surface area contributed by atoms with Gasteiger partial charge in [0, 0.05) is 12.8 Å². The lowest BCUT2D eigenvalue weighted by Gasteiger charge is -2.41. The number of ether oxygens (including phenoxy) is 2. The van der Waals surface area contributed by atoms with Crippen molar-refractivity contribution in [2.45, 2.75) is 210 Å². The van der Waals surface area contributed by atoms with E-state index in [4.69, 9.17) is 18.5 Å². The van der Waals surface area contributed by atoms with Crippen molar-refractivity contribution in [1.29, 1.82) is 0 Å². The van der Waals surface area contributed by atoms with Crippen molar-refractivity contribution in [1.82, 2.24) is 0 Å². The molecule has 1 fully saturated rings. The van der Waals surface area contributed by atoms with Gasteiger partial charge < -0.3 is 55.2 Å². The average molecular weight is 959 g/mol. The van der Waals surface area contributed by atoms with E-state index < -0.39 is 94.0 Å². The number of phosphoric acid groups is 1. The van der Waals surface area contributed by atoms with E-state index in [0.717, 1.165) is 77.0 Å². The molecular weight excluding hydrogens is 875 g/mol. The number of hydrogen-bond donors (Lipinski definition) is 9. The van der Waals surface area contributed by atoms with Crippen molar-refractivity contribution < 1.29 is 78.4 Å². The number of hydrogen-bond acceptors (Lipinski definition) is 15. The standard InChI is InChI=1S/C49H83O16P/c1-3-5-7-8-9-10-11-12-13-14-15-16-17-18-19-24-28-34-42(53)62-36-39(37-63-66(60,61)65-49-47(58)45(56)44(55)46(57)48(49)59)64-43(54)35-29-33-41(52)40(51)32-27-23-21-20-22-26-31-38(50)30-25-6-4-2/h9-10,12-13,20-23,26-27,31-32,38-41,44-52,55-59H,3-8,11,14-19,24-25,28-30,33-37H2,1-2H3,(H,60,61)/b10-9-,13-12-,22-20-,23-21+,31-26+,32-27+/t38-,39+,40-,41-,44?,45-,46+,47+,48+,49?/m0/s1. The zero-order valence-corrected chi connectivity index (χ0v) is 40.2. The molecule has 3 unspecified atom stereocenters. The molecule has 1 saturated carbocycles. The highest BCUT2D eigenvalue weighted by atomic mass is 31.2. The fourth-order valence-corrected chi connectivity index (χ4v) is 7.79. The normalized spacial score (nSPS) is 23.4. The lowest BCUT2D eigenvalue weighted by Crippen LogP contribution is -2.64. The molecule has 0 aromatic rings. The Labute approximate surface area is 393 Å². The molecule has 380 valence electrons. The summed E-state index contributed by atoms with van der Waals surface area (Å²) in [6, 6.07) is 0. The molecule has 17 heteroatoms. The van der Waals surface area contributed by atoms with E-state index in [9.17, 15) is 59.9 Å². The molecule has 0 saturated heterocycles. The molecular formula is C49H83O16P. The topological polar surface area (TPSA) is 270 Å². The van der Waals surface area contributed by atoms with Gasteiger partial charge >= 0.3 is 19.8 Å². The van der Waals surface area contributed by atoms with Crippen molar-refractivity contribution in [2.75, 3.05) is 13.2 Å². The van der Waals surface area contributed by atoms with E-state index in [1.807, 2.05) is 0 Å². The minimum absolute atomic E-state index is 0.00141. The third-order valence-corrected chi connectivity index (χ3v) is 11.9. The van der Waals surface area contributed by atoms with Crippen LogP contribution in [-0.4, -0.2) is 132 Å². The lowest BCUT2D eigenvalue weighted by atomic mass is 9.85. The number of allylic oxidation sites excluding steroid dienone is 10. The Hall–Kier alpha value is -2.83. The summed E-state index contributed by atoms with van der Waals surface area (Å²) in [7, 11) is -5.22. The summed E-state index contributed by atoms with van der Waals surface area (Å²) in [5, 5.41) is 80.8. The van der Waals surface area contributed by atoms with E-state index >= 15 is 0 Å². The second-order valence-corrected chi connectivity index (χ2v) is 18.2. The van der Waals surface area contributed by atoms with Gasteiger partial charge in [-0.25, -0.2) is 4.57 Å². The Balaban J connectivity index is 2.61. The first-order valence-corrected chi connectivity index (χ1v) is 25.6. The number of carbonyl (C=O) groups excluding carboxylic acids is 2. The molecule has 66 heavy (non-hydrogen) atoms. The van der Waals surface area contributed by atoms with Crippen molar-refractivity contribution >= 4 is 19.8 Å². The molecule has 9 N–H and O–H groups in total. The van der Waals surface area contributed by atoms with Gasteiger partial charge in [-0.1, -0.05) is 151 Å². The van der Waals surface area contributed by atoms with Gasteiger partial charge in [0.05, 0.1) is 24.9 Å². The molecule has 0 radical (unpaired) electrons. The van der Waals surface area contributed by atoms with Gasteiger partial charge in [-0.05, 0) is 57.8 Å². The molecule has 11 atom stereocenters. The molecule has 16 nitrogen and oxygen atoms in total. The largest absolute Gasteiger partial charge is 0.472 e. The Kier molecular flexibility index (Phi) is 35.3. The zero-order chi connectivity index (χ0) is 49.0. The molecule has 0 bridgehead atoms. The number of aliphatic hydroxyl groups excluding tert-OH is 8. The van der Waals surface area contributed by atoms with Gasteiger partial charge in [0.15, 0.2) is 6.10 Å². The average Bonchev–Trinajstić information content (AvgIpc) is 3.29. The summed E-state index contributed by atoms with van der Waals surface area (Å²) in [5.41, 5.74) is 0. The first-order chi connectivity index (χ1) is 31.6. The maximum Gasteiger partial charge on any atom is 0.472 e. The molecule has 1 aliphatic rings. The molecule has 0 spiro atoms. The second kappa shape index (κ2) is 38.1. The molecule has 1 rings (SSSR count). The molecule has 0 aromatic carbocycles. The van der Waals surface area contributed by atoms with Gasteiger partial charge in [0.25, 0.3) is 0 Å². The summed E-state index contributed by atoms with van der Waals surface area (Å²) < 4.78 is 33.3. The highest BCUT2D eigenvalue weighted by molar-refractivity contribution is 7.47. The van der Waals surface area contributed by atoms with E-state index in [1.54, 1.807) is 42.5 Å². The summed E-state index contributed by atoms with van der Waals surface area (Å²) >= 11 is 0. The first kappa shape index (κ1) is 61.2. The number of aliphatic hydroxyl groups is 8. The lowest BCUT2D eigenvalue weighted by molar-refractivity contribution is -0.220. The van der Waals surface area contributed by atoms with Crippen LogP contribution in [0.1, 0.15) is 149 Å². The number of unbranched alkanes of at least 4 members (excludes halogenated alkanes) is 12. The summed E-state index contributed by atoms with van der Waals surface area (Å²) in [5.74, 6) is -1.44. The fourth-order valence-electron chi connectivity index (χ4n) is 6.82. The minimum Gasteiger partial charge on any atom is -0.462 e. The number of esters is 2. The van der Waals surface area contributed by atoms with Crippen LogP contribution in [0.15, 0.2) is 72.9 Å². The molecule has 0 amide bonds. The van der Waals surface area contributed by atoms with Gasteiger partial charge in [0.2, 0.25) is 0 Å². The quantitative estimate of drug-likeness (QED) is 0.0106. The Morgan fingerprint density at radius 1 is 0.576 bits per heavy atom. The maximum atomic E-state index is 12.8. The Morgan fingerprint density at radius 3 is 1.71 bits per heavy atom. The van der Waals surface area contributed by atoms with Crippen molar-refractivity contribution in [3.05, 3.63) is 72.9 Å². The van der Waals surface area contributed by atoms with Crippen molar-refractivity contribution in [2.24, 2.45) is 0 Å². The van der Waals surface area contributed by atoms with Crippen LogP contribution in [0.5, 0.6) is 0 Å². The second-order valence-electron chi connectivity index (χ2n) is 16.8. The third kappa shape index (κ3) is 29.8. The fraction of sp³-hybridized carbons (Fsp3) is 0.714. The molecule has 0 aliphatic heterocycles. The highest BCUT2D eigenvalue weighted by Crippen LogP contribution is 2.47. The van der Waals surface area contributed by atoms with Crippen LogP contribution in [0, 0.1) is 0 Å². The van der Waals surface area contributed by atoms with E-state index in [1.165, 1.54) is 25.3 Å². The zero-order valence-electron chi connectivity index (χ0n) is 39.3. The monoisotopic (exact) mass is 959 g/mol. The van der Waals surface area contributed by atoms with Crippen LogP contribution >= 0.6 is 7.82 Å². The van der Waals surface area contributed by atoms with E-state index in [2.05, 4.69) is 38.2 Å². The van der Waals surface area contributed by atoms with Crippen LogP contribution in [0.3, 0.4) is 0 Å². The van der Waals surface area contributed by atoms with Crippen LogP contribution in [-0.2, 0) is 32.7 Å². The summed E-state index contributed by atoms with van der Waals surface area (Å²) in [6.07, 6.45) is 22.8. The summed E-state index contributed by atoms with van der Waals surface area (Å²) in [4.78, 5) is 35.8.